The van der Waals surface area contributed by atoms with Crippen molar-refractivity contribution in [1.29, 1.82) is 0 Å². The van der Waals surface area contributed by atoms with Crippen LogP contribution in [-0.4, -0.2) is 0 Å². The Morgan fingerprint density at radius 2 is 1.70 bits per heavy atom. The zero-order chi connectivity index (χ0) is 11.8. The van der Waals surface area contributed by atoms with Gasteiger partial charge in [0.1, 0.15) is 0 Å². The van der Waals surface area contributed by atoms with Gasteiger partial charge in [0.05, 0.1) is 0 Å². The average Bonchev–Trinajstić information content (AvgIpc) is 3.06. The summed E-state index contributed by atoms with van der Waals surface area (Å²) in [7, 11) is 0. The smallest absolute Gasteiger partial charge is 1.00 e. The van der Waals surface area contributed by atoms with Gasteiger partial charge in [0.2, 0.25) is 0 Å². The molecule has 0 radical (unpaired) electrons. The molecule has 0 bridgehead atoms. The van der Waals surface area contributed by atoms with Crippen LogP contribution in [-0.2, 0) is 26.2 Å². The van der Waals surface area contributed by atoms with E-state index < -0.39 is 0 Å². The van der Waals surface area contributed by atoms with Crippen LogP contribution in [0.4, 0.5) is 0 Å². The minimum Gasteiger partial charge on any atom is -1.00 e. The van der Waals surface area contributed by atoms with Gasteiger partial charge in [-0.2, -0.15) is 48.1 Å². The molecule has 3 rings (SSSR count). The number of halogens is 2. The summed E-state index contributed by atoms with van der Waals surface area (Å²) in [4.78, 5) is 0. The van der Waals surface area contributed by atoms with Crippen LogP contribution in [0.25, 0.3) is 0 Å². The first-order valence-electron chi connectivity index (χ1n) is 6.60. The van der Waals surface area contributed by atoms with Gasteiger partial charge in [-0.25, -0.2) is 12.1 Å². The molecule has 1 saturated carbocycles. The molecule has 20 heavy (non-hydrogen) atoms. The Morgan fingerprint density at radius 1 is 1.05 bits per heavy atom. The van der Waals surface area contributed by atoms with Gasteiger partial charge < -0.3 is 24.8 Å². The monoisotopic (exact) mass is 384 g/mol. The van der Waals surface area contributed by atoms with Crippen LogP contribution < -0.4 is 24.8 Å². The second-order valence-electron chi connectivity index (χ2n) is 4.65. The molecule has 0 aromatic heterocycles. The van der Waals surface area contributed by atoms with Crippen LogP contribution in [0.2, 0.25) is 0 Å². The number of rotatable bonds is 1. The first-order chi connectivity index (χ1) is 8.45. The molecule has 0 amide bonds. The molecule has 0 heterocycles. The summed E-state index contributed by atoms with van der Waals surface area (Å²) in [6.07, 6.45) is 18.9. The van der Waals surface area contributed by atoms with E-state index in [-0.39, 0.29) is 51.0 Å². The van der Waals surface area contributed by atoms with E-state index >= 15 is 0 Å². The van der Waals surface area contributed by atoms with Gasteiger partial charge >= 0.3 is 26.2 Å². The molecule has 0 atom stereocenters. The van der Waals surface area contributed by atoms with E-state index in [0.29, 0.717) is 0 Å². The molecule has 0 saturated heterocycles. The fourth-order valence-electron chi connectivity index (χ4n) is 2.32. The predicted octanol–water partition coefficient (Wildman–Crippen LogP) is -1.17. The van der Waals surface area contributed by atoms with E-state index in [1.807, 2.05) is 36.4 Å². The Balaban J connectivity index is 0. The van der Waals surface area contributed by atoms with E-state index in [1.165, 1.54) is 37.7 Å². The Bertz CT molecular complexity index is 354. The third kappa shape index (κ3) is 9.06. The zero-order valence-corrected chi connectivity index (χ0v) is 15.5. The van der Waals surface area contributed by atoms with Crippen molar-refractivity contribution in [2.75, 3.05) is 0 Å². The fraction of sp³-hybridized carbons (Fsp3) is 0.353. The Labute approximate surface area is 154 Å². The van der Waals surface area contributed by atoms with Crippen LogP contribution in [0.5, 0.6) is 0 Å². The van der Waals surface area contributed by atoms with Crippen LogP contribution >= 0.6 is 0 Å². The number of hydrogen-bond donors (Lipinski definition) is 0. The van der Waals surface area contributed by atoms with Crippen molar-refractivity contribution in [2.24, 2.45) is 5.92 Å². The fourth-order valence-corrected chi connectivity index (χ4v) is 2.32. The Morgan fingerprint density at radius 3 is 2.15 bits per heavy atom. The molecule has 1 fully saturated rings. The maximum Gasteiger partial charge on any atom is 4.00 e. The summed E-state index contributed by atoms with van der Waals surface area (Å²) in [5, 5.41) is 0. The summed E-state index contributed by atoms with van der Waals surface area (Å²) < 4.78 is 0. The maximum atomic E-state index is 3.23. The molecule has 0 nitrogen and oxygen atoms in total. The second-order valence-corrected chi connectivity index (χ2v) is 4.65. The summed E-state index contributed by atoms with van der Waals surface area (Å²) in [5.41, 5.74) is 1.29. The summed E-state index contributed by atoms with van der Waals surface area (Å²) >= 11 is 0. The molecule has 0 spiro atoms. The molecule has 0 unspecified atom stereocenters. The van der Waals surface area contributed by atoms with Crippen LogP contribution in [0, 0.1) is 12.0 Å². The van der Waals surface area contributed by atoms with Crippen molar-refractivity contribution in [1.82, 2.24) is 0 Å². The molecule has 0 N–H and O–H groups in total. The molecule has 0 aliphatic heterocycles. The molecule has 1 aromatic carbocycles. The molecule has 1 aromatic rings. The topological polar surface area (TPSA) is 0 Å². The SMILES string of the molecule is [C-]1=CC=CC1=CC1CCCCC1.[Cl-].[Cl-].[Zr+4].c1cc[cH-]c1. The molecule has 3 heteroatoms. The van der Waals surface area contributed by atoms with Crippen molar-refractivity contribution in [3.63, 3.8) is 0 Å². The van der Waals surface area contributed by atoms with E-state index in [1.54, 1.807) is 0 Å². The van der Waals surface area contributed by atoms with E-state index in [0.717, 1.165) is 5.92 Å². The van der Waals surface area contributed by atoms with E-state index in [4.69, 9.17) is 0 Å². The molecule has 106 valence electrons. The third-order valence-electron chi connectivity index (χ3n) is 3.24. The van der Waals surface area contributed by atoms with Crippen molar-refractivity contribution >= 4 is 0 Å². The largest absolute Gasteiger partial charge is 4.00 e. The van der Waals surface area contributed by atoms with E-state index in [2.05, 4.69) is 24.3 Å². The van der Waals surface area contributed by atoms with Gasteiger partial charge in [-0.1, -0.05) is 38.0 Å². The average molecular weight is 386 g/mol. The van der Waals surface area contributed by atoms with Crippen LogP contribution in [0.15, 0.2) is 60.2 Å². The van der Waals surface area contributed by atoms with Gasteiger partial charge in [0.25, 0.3) is 0 Å². The summed E-state index contributed by atoms with van der Waals surface area (Å²) in [6, 6.07) is 10.0. The van der Waals surface area contributed by atoms with Crippen molar-refractivity contribution in [3.05, 3.63) is 66.3 Å². The van der Waals surface area contributed by atoms with Gasteiger partial charge in [-0.15, -0.1) is 6.08 Å². The van der Waals surface area contributed by atoms with Crippen molar-refractivity contribution in [3.8, 4) is 0 Å². The van der Waals surface area contributed by atoms with E-state index in [9.17, 15) is 0 Å². The number of hydrogen-bond acceptors (Lipinski definition) is 0. The van der Waals surface area contributed by atoms with Crippen molar-refractivity contribution in [2.45, 2.75) is 32.1 Å². The molecule has 2 aliphatic carbocycles. The molecular weight excluding hydrogens is 366 g/mol. The first-order valence-corrected chi connectivity index (χ1v) is 6.60. The normalized spacial score (nSPS) is 18.3. The van der Waals surface area contributed by atoms with Crippen molar-refractivity contribution < 1.29 is 51.0 Å². The van der Waals surface area contributed by atoms with Gasteiger partial charge in [0.15, 0.2) is 0 Å². The maximum absolute atomic E-state index is 3.23. The standard InChI is InChI=1S/C12H15.C5H5.2ClH.Zr/c1-2-6-11(7-3-1)10-12-8-4-5-9-12;1-2-4-5-3-1;;;/h4-5,8,10-11H,1-3,6-7H2;1-5H;2*1H;/q2*-1;;;+4/p-2. The first kappa shape index (κ1) is 22.3. The van der Waals surface area contributed by atoms with Crippen LogP contribution in [0.3, 0.4) is 0 Å². The van der Waals surface area contributed by atoms with Gasteiger partial charge in [-0.05, 0) is 0 Å². The molecule has 2 aliphatic rings. The Kier molecular flexibility index (Phi) is 15.6. The second kappa shape index (κ2) is 14.0. The minimum atomic E-state index is 0. The van der Waals surface area contributed by atoms with Gasteiger partial charge in [-0.3, -0.25) is 0 Å². The quantitative estimate of drug-likeness (QED) is 0.534. The van der Waals surface area contributed by atoms with Crippen LogP contribution in [0.1, 0.15) is 32.1 Å². The molecular formula is C17H20Cl2Zr. The summed E-state index contributed by atoms with van der Waals surface area (Å²) in [5.74, 6) is 0.831. The third-order valence-corrected chi connectivity index (χ3v) is 3.24. The zero-order valence-electron chi connectivity index (χ0n) is 11.6. The Hall–Kier alpha value is 0.0331. The number of allylic oxidation sites excluding steroid dienone is 6. The minimum absolute atomic E-state index is 0. The predicted molar refractivity (Wildman–Crippen MR) is 73.6 cm³/mol. The summed E-state index contributed by atoms with van der Waals surface area (Å²) in [6.45, 7) is 0. The van der Waals surface area contributed by atoms with Gasteiger partial charge in [0, 0.05) is 0 Å².